The van der Waals surface area contributed by atoms with E-state index in [9.17, 15) is 23.1 Å². The van der Waals surface area contributed by atoms with E-state index in [0.29, 0.717) is 44.7 Å². The molecule has 3 fully saturated rings. The summed E-state index contributed by atoms with van der Waals surface area (Å²) < 4.78 is 46.5. The van der Waals surface area contributed by atoms with Gasteiger partial charge in [0.2, 0.25) is 6.41 Å². The molecule has 1 unspecified atom stereocenters. The first-order valence-electron chi connectivity index (χ1n) is 13.4. The Morgan fingerprint density at radius 2 is 1.68 bits per heavy atom. The second-order valence-electron chi connectivity index (χ2n) is 11.4. The summed E-state index contributed by atoms with van der Waals surface area (Å²) in [6.07, 6.45) is -2.90. The van der Waals surface area contributed by atoms with Crippen molar-refractivity contribution in [1.29, 1.82) is 5.26 Å². The van der Waals surface area contributed by atoms with Crippen LogP contribution in [0, 0.1) is 11.3 Å². The topological polar surface area (TPSA) is 96.2 Å². The van der Waals surface area contributed by atoms with Crippen LogP contribution in [0.2, 0.25) is 0 Å². The number of halogens is 3. The van der Waals surface area contributed by atoms with E-state index in [1.807, 2.05) is 49.9 Å². The Morgan fingerprint density at radius 1 is 1.07 bits per heavy atom. The van der Waals surface area contributed by atoms with Gasteiger partial charge in [-0.2, -0.15) is 18.4 Å². The lowest BCUT2D eigenvalue weighted by Gasteiger charge is -2.43. The molecule has 0 radical (unpaired) electrons. The first kappa shape index (κ1) is 29.2. The fourth-order valence-corrected chi connectivity index (χ4v) is 5.96. The number of amides is 1. The molecule has 1 aliphatic carbocycles. The van der Waals surface area contributed by atoms with Crippen molar-refractivity contribution in [2.24, 2.45) is 0 Å². The third-order valence-electron chi connectivity index (χ3n) is 7.69. The van der Waals surface area contributed by atoms with Crippen molar-refractivity contribution in [2.45, 2.75) is 63.8 Å². The maximum atomic E-state index is 13.7. The molecular weight excluding hydrogens is 557 g/mol. The largest absolute Gasteiger partial charge is 0.419 e. The molecule has 1 aromatic heterocycles. The van der Waals surface area contributed by atoms with Crippen molar-refractivity contribution in [3.05, 3.63) is 47.8 Å². The normalized spacial score (nSPS) is 20.4. The molecule has 1 amide bonds. The third kappa shape index (κ3) is 5.37. The molecule has 2 aliphatic heterocycles. The van der Waals surface area contributed by atoms with Crippen LogP contribution in [-0.4, -0.2) is 69.7 Å². The minimum atomic E-state index is -4.81. The summed E-state index contributed by atoms with van der Waals surface area (Å²) in [6, 6.07) is 9.81. The monoisotopic (exact) mass is 588 g/mol. The number of rotatable bonds is 5. The zero-order valence-corrected chi connectivity index (χ0v) is 23.8. The molecule has 218 valence electrons. The van der Waals surface area contributed by atoms with E-state index in [4.69, 9.17) is 22.2 Å². The van der Waals surface area contributed by atoms with Crippen LogP contribution >= 0.6 is 12.2 Å². The van der Waals surface area contributed by atoms with Crippen molar-refractivity contribution >= 4 is 40.3 Å². The van der Waals surface area contributed by atoms with Crippen LogP contribution in [0.1, 0.15) is 51.3 Å². The zero-order chi connectivity index (χ0) is 29.7. The summed E-state index contributed by atoms with van der Waals surface area (Å²) in [7, 11) is 0. The number of anilines is 3. The van der Waals surface area contributed by atoms with Crippen molar-refractivity contribution in [3.8, 4) is 6.07 Å². The Hall–Kier alpha value is -3.31. The minimum absolute atomic E-state index is 0.0727. The van der Waals surface area contributed by atoms with E-state index < -0.39 is 40.9 Å². The van der Waals surface area contributed by atoms with E-state index in [0.717, 1.165) is 29.3 Å². The van der Waals surface area contributed by atoms with Gasteiger partial charge in [-0.25, -0.2) is 4.98 Å². The molecule has 1 saturated carbocycles. The van der Waals surface area contributed by atoms with Crippen LogP contribution in [0.3, 0.4) is 0 Å². The summed E-state index contributed by atoms with van der Waals surface area (Å²) >= 11 is 5.69. The molecule has 9 nitrogen and oxygen atoms in total. The number of nitrogens with zero attached hydrogens (tertiary/aromatic N) is 6. The van der Waals surface area contributed by atoms with Gasteiger partial charge in [-0.1, -0.05) is 0 Å². The van der Waals surface area contributed by atoms with Gasteiger partial charge in [-0.15, -0.1) is 0 Å². The number of aliphatic hydroxyl groups is 1. The lowest BCUT2D eigenvalue weighted by atomic mass is 9.75. The lowest BCUT2D eigenvalue weighted by Crippen LogP contribution is -2.55. The average Bonchev–Trinajstić information content (AvgIpc) is 3.13. The highest BCUT2D eigenvalue weighted by Gasteiger charge is 2.59. The highest BCUT2D eigenvalue weighted by Crippen LogP contribution is 2.48. The highest BCUT2D eigenvalue weighted by atomic mass is 32.1. The summed E-state index contributed by atoms with van der Waals surface area (Å²) in [5.74, 6) is -0.399. The minimum Gasteiger partial charge on any atom is -0.369 e. The molecule has 1 spiro atoms. The Bertz CT molecular complexity index is 1380. The fourth-order valence-electron chi connectivity index (χ4n) is 5.49. The van der Waals surface area contributed by atoms with Gasteiger partial charge in [-0.05, 0) is 82.6 Å². The number of pyridine rings is 1. The predicted octanol–water partition coefficient (Wildman–Crippen LogP) is 4.25. The quantitative estimate of drug-likeness (QED) is 0.406. The van der Waals surface area contributed by atoms with Crippen LogP contribution in [0.25, 0.3) is 0 Å². The molecule has 2 aromatic rings. The zero-order valence-electron chi connectivity index (χ0n) is 23.0. The van der Waals surface area contributed by atoms with Gasteiger partial charge in [0.25, 0.3) is 5.91 Å². The maximum absolute atomic E-state index is 13.7. The number of ether oxygens (including phenoxy) is 1. The van der Waals surface area contributed by atoms with Crippen molar-refractivity contribution in [2.75, 3.05) is 40.9 Å². The number of hydrogen-bond donors (Lipinski definition) is 1. The van der Waals surface area contributed by atoms with Gasteiger partial charge < -0.3 is 19.6 Å². The Kier molecular flexibility index (Phi) is 7.48. The SMILES string of the molecule is CC(C)(C)OC(O)N1CCN(c2ccc(N3C(=S)N(c4cnc(C#N)c(C(F)(F)F)c4)C(=O)C34CCC4)cc2)CC1. The predicted molar refractivity (Wildman–Crippen MR) is 150 cm³/mol. The number of carbonyl (C=O) groups excluding carboxylic acids is 1. The second kappa shape index (κ2) is 10.5. The molecule has 41 heavy (non-hydrogen) atoms. The van der Waals surface area contributed by atoms with Crippen molar-refractivity contribution < 1.29 is 27.8 Å². The summed E-state index contributed by atoms with van der Waals surface area (Å²) in [6.45, 7) is 8.25. The number of carbonyl (C=O) groups is 1. The van der Waals surface area contributed by atoms with Crippen molar-refractivity contribution in [3.63, 3.8) is 0 Å². The number of aromatic nitrogens is 1. The number of thiocarbonyl (C=S) groups is 1. The van der Waals surface area contributed by atoms with Crippen LogP contribution in [0.4, 0.5) is 30.2 Å². The molecule has 13 heteroatoms. The average molecular weight is 589 g/mol. The third-order valence-corrected chi connectivity index (χ3v) is 8.06. The van der Waals surface area contributed by atoms with Crippen LogP contribution in [0.15, 0.2) is 36.5 Å². The molecule has 1 N–H and O–H groups in total. The van der Waals surface area contributed by atoms with Crippen LogP contribution in [0.5, 0.6) is 0 Å². The molecule has 5 rings (SSSR count). The van der Waals surface area contributed by atoms with Crippen LogP contribution in [-0.2, 0) is 15.7 Å². The molecule has 3 aliphatic rings. The summed E-state index contributed by atoms with van der Waals surface area (Å²) in [5, 5.41) is 19.6. The van der Waals surface area contributed by atoms with Crippen LogP contribution < -0.4 is 14.7 Å². The molecule has 0 bridgehead atoms. The molecule has 1 atom stereocenters. The number of alkyl halides is 3. The van der Waals surface area contributed by atoms with E-state index in [1.165, 1.54) is 6.07 Å². The molecule has 3 heterocycles. The number of benzene rings is 1. The smallest absolute Gasteiger partial charge is 0.369 e. The summed E-state index contributed by atoms with van der Waals surface area (Å²) in [4.78, 5) is 24.3. The van der Waals surface area contributed by atoms with Gasteiger partial charge in [0.1, 0.15) is 11.6 Å². The van der Waals surface area contributed by atoms with Crippen molar-refractivity contribution in [1.82, 2.24) is 9.88 Å². The number of aliphatic hydroxyl groups excluding tert-OH is 1. The Morgan fingerprint density at radius 3 is 2.20 bits per heavy atom. The first-order chi connectivity index (χ1) is 19.2. The van der Waals surface area contributed by atoms with E-state index in [1.54, 1.807) is 4.90 Å². The number of nitriles is 1. The fraction of sp³-hybridized carbons (Fsp3) is 0.500. The highest BCUT2D eigenvalue weighted by molar-refractivity contribution is 7.81. The number of hydrogen-bond acceptors (Lipinski definition) is 8. The van der Waals surface area contributed by atoms with Gasteiger partial charge in [0, 0.05) is 37.6 Å². The summed E-state index contributed by atoms with van der Waals surface area (Å²) in [5.41, 5.74) is -1.90. The van der Waals surface area contributed by atoms with Gasteiger partial charge in [0.15, 0.2) is 10.8 Å². The van der Waals surface area contributed by atoms with Gasteiger partial charge >= 0.3 is 6.18 Å². The van der Waals surface area contributed by atoms with E-state index in [2.05, 4.69) is 9.88 Å². The molecular formula is C28H31F3N6O3S. The standard InChI is InChI=1S/C28H31F3N6O3S/c1-26(2,3)40-25(39)35-13-11-34(12-14-35)18-5-7-19(8-6-18)37-24(41)36(23(38)27(37)9-4-10-27)20-15-21(28(29,30)31)22(16-32)33-17-20/h5-8,15,17,25,39H,4,9-14H2,1-3H3. The second-order valence-corrected chi connectivity index (χ2v) is 11.8. The van der Waals surface area contributed by atoms with Gasteiger partial charge in [-0.3, -0.25) is 14.6 Å². The Balaban J connectivity index is 1.36. The lowest BCUT2D eigenvalue weighted by molar-refractivity contribution is -0.239. The van der Waals surface area contributed by atoms with E-state index in [-0.39, 0.29) is 10.8 Å². The first-order valence-corrected chi connectivity index (χ1v) is 13.8. The molecule has 1 aromatic carbocycles. The number of piperazine rings is 1. The van der Waals surface area contributed by atoms with Gasteiger partial charge in [0.05, 0.1) is 23.0 Å². The maximum Gasteiger partial charge on any atom is 0.419 e. The molecule has 2 saturated heterocycles. The van der Waals surface area contributed by atoms with E-state index >= 15 is 0 Å². The Labute approximate surface area is 241 Å².